The summed E-state index contributed by atoms with van der Waals surface area (Å²) in [7, 11) is 0. The molecular formula is C18H27Cl3N4O3. The minimum absolute atomic E-state index is 0. The molecule has 2 atom stereocenters. The fourth-order valence-electron chi connectivity index (χ4n) is 3.35. The lowest BCUT2D eigenvalue weighted by Gasteiger charge is -2.35. The van der Waals surface area contributed by atoms with Crippen molar-refractivity contribution in [3.63, 3.8) is 0 Å². The van der Waals surface area contributed by atoms with Crippen LogP contribution in [0.25, 0.3) is 0 Å². The molecule has 2 heterocycles. The van der Waals surface area contributed by atoms with Crippen LogP contribution in [0.4, 0.5) is 5.69 Å². The Hall–Kier alpha value is -1.09. The molecular weight excluding hydrogens is 427 g/mol. The second-order valence-corrected chi connectivity index (χ2v) is 7.10. The van der Waals surface area contributed by atoms with Gasteiger partial charge < -0.3 is 20.7 Å². The number of anilines is 1. The summed E-state index contributed by atoms with van der Waals surface area (Å²) in [6.45, 7) is 3.26. The first kappa shape index (κ1) is 24.9. The molecule has 0 aliphatic carbocycles. The number of piperazine rings is 1. The number of hydrogen-bond donors (Lipinski definition) is 2. The number of para-hydroxylation sites is 1. The van der Waals surface area contributed by atoms with E-state index in [1.807, 2.05) is 21.9 Å². The molecule has 0 bridgehead atoms. The minimum Gasteiger partial charge on any atom is -0.364 e. The Morgan fingerprint density at radius 3 is 2.43 bits per heavy atom. The number of carbonyl (C=O) groups is 2. The van der Waals surface area contributed by atoms with Crippen molar-refractivity contribution in [3.05, 3.63) is 29.3 Å². The van der Waals surface area contributed by atoms with E-state index in [4.69, 9.17) is 22.1 Å². The summed E-state index contributed by atoms with van der Waals surface area (Å²) in [6, 6.07) is 7.15. The lowest BCUT2D eigenvalue weighted by molar-refractivity contribution is -0.144. The highest BCUT2D eigenvalue weighted by atomic mass is 35.5. The predicted octanol–water partition coefficient (Wildman–Crippen LogP) is 1.77. The van der Waals surface area contributed by atoms with Crippen molar-refractivity contribution in [2.24, 2.45) is 5.73 Å². The normalized spacial score (nSPS) is 22.1. The number of nitrogens with zero attached hydrogens (tertiary/aromatic N) is 2. The van der Waals surface area contributed by atoms with E-state index < -0.39 is 0 Å². The zero-order valence-electron chi connectivity index (χ0n) is 15.5. The minimum atomic E-state index is -0.362. The number of halogens is 3. The molecule has 2 aliphatic heterocycles. The zero-order valence-corrected chi connectivity index (χ0v) is 17.9. The van der Waals surface area contributed by atoms with Crippen molar-refractivity contribution in [3.8, 4) is 0 Å². The van der Waals surface area contributed by atoms with E-state index in [-0.39, 0.29) is 55.4 Å². The predicted molar refractivity (Wildman–Crippen MR) is 115 cm³/mol. The van der Waals surface area contributed by atoms with E-state index in [2.05, 4.69) is 5.32 Å². The molecule has 2 amide bonds. The van der Waals surface area contributed by atoms with E-state index >= 15 is 0 Å². The number of benzene rings is 1. The maximum Gasteiger partial charge on any atom is 0.251 e. The maximum atomic E-state index is 12.5. The molecule has 1 aromatic rings. The van der Waals surface area contributed by atoms with E-state index in [1.54, 1.807) is 12.1 Å². The fourth-order valence-corrected chi connectivity index (χ4v) is 3.53. The second kappa shape index (κ2) is 11.8. The van der Waals surface area contributed by atoms with Gasteiger partial charge in [-0.25, -0.2) is 0 Å². The van der Waals surface area contributed by atoms with Gasteiger partial charge in [0.05, 0.1) is 23.4 Å². The van der Waals surface area contributed by atoms with Crippen molar-refractivity contribution >= 4 is 53.9 Å². The Labute approximate surface area is 182 Å². The van der Waals surface area contributed by atoms with Gasteiger partial charge in [0, 0.05) is 32.7 Å². The van der Waals surface area contributed by atoms with Crippen LogP contribution in [-0.2, 0) is 14.3 Å². The fraction of sp³-hybridized carbons (Fsp3) is 0.556. The SMILES string of the molecule is Cl.Cl.NC[C@H]1CC[C@@H](C(=O)N2CCN(CC(=O)Nc3ccccc3Cl)CC2)O1. The topological polar surface area (TPSA) is 87.9 Å². The Balaban J connectivity index is 0.00000196. The third kappa shape index (κ3) is 6.47. The smallest absolute Gasteiger partial charge is 0.251 e. The van der Waals surface area contributed by atoms with Crippen molar-refractivity contribution in [2.45, 2.75) is 25.0 Å². The van der Waals surface area contributed by atoms with Crippen LogP contribution in [0.15, 0.2) is 24.3 Å². The van der Waals surface area contributed by atoms with Crippen LogP contribution in [0.3, 0.4) is 0 Å². The maximum absolute atomic E-state index is 12.5. The van der Waals surface area contributed by atoms with Gasteiger partial charge in [-0.2, -0.15) is 0 Å². The molecule has 0 radical (unpaired) electrons. The van der Waals surface area contributed by atoms with E-state index in [1.165, 1.54) is 0 Å². The summed E-state index contributed by atoms with van der Waals surface area (Å²) in [5, 5.41) is 3.34. The number of hydrogen-bond acceptors (Lipinski definition) is 5. The second-order valence-electron chi connectivity index (χ2n) is 6.69. The van der Waals surface area contributed by atoms with Crippen molar-refractivity contribution in [2.75, 3.05) is 44.6 Å². The highest BCUT2D eigenvalue weighted by Crippen LogP contribution is 2.22. The van der Waals surface area contributed by atoms with Crippen LogP contribution in [0, 0.1) is 0 Å². The molecule has 3 rings (SSSR count). The average molecular weight is 454 g/mol. The van der Waals surface area contributed by atoms with E-state index in [0.717, 1.165) is 12.8 Å². The standard InChI is InChI=1S/C18H25ClN4O3.2ClH/c19-14-3-1-2-4-15(14)21-17(24)12-22-7-9-23(10-8-22)18(25)16-6-5-13(11-20)26-16;;/h1-4,13,16H,5-12,20H2,(H,21,24);2*1H/t13-,16+;;/m1../s1. The largest absolute Gasteiger partial charge is 0.364 e. The molecule has 3 N–H and O–H groups in total. The van der Waals surface area contributed by atoms with Crippen LogP contribution < -0.4 is 11.1 Å². The number of amides is 2. The van der Waals surface area contributed by atoms with Gasteiger partial charge in [-0.3, -0.25) is 14.5 Å². The lowest BCUT2D eigenvalue weighted by Crippen LogP contribution is -2.52. The molecule has 7 nitrogen and oxygen atoms in total. The Bertz CT molecular complexity index is 657. The van der Waals surface area contributed by atoms with Crippen molar-refractivity contribution in [1.29, 1.82) is 0 Å². The quantitative estimate of drug-likeness (QED) is 0.709. The van der Waals surface area contributed by atoms with Gasteiger partial charge in [-0.05, 0) is 25.0 Å². The first-order chi connectivity index (χ1) is 12.6. The Morgan fingerprint density at radius 1 is 1.14 bits per heavy atom. The van der Waals surface area contributed by atoms with E-state index in [9.17, 15) is 9.59 Å². The summed E-state index contributed by atoms with van der Waals surface area (Å²) in [5.41, 5.74) is 6.21. The third-order valence-corrected chi connectivity index (χ3v) is 5.17. The number of ether oxygens (including phenoxy) is 1. The van der Waals surface area contributed by atoms with Crippen LogP contribution in [0.5, 0.6) is 0 Å². The van der Waals surface area contributed by atoms with Crippen LogP contribution in [0.2, 0.25) is 5.02 Å². The van der Waals surface area contributed by atoms with Crippen molar-refractivity contribution < 1.29 is 14.3 Å². The molecule has 1 aromatic carbocycles. The summed E-state index contributed by atoms with van der Waals surface area (Å²) >= 11 is 6.06. The third-order valence-electron chi connectivity index (χ3n) is 4.84. The van der Waals surface area contributed by atoms with E-state index in [0.29, 0.717) is 43.4 Å². The molecule has 2 fully saturated rings. The van der Waals surface area contributed by atoms with Gasteiger partial charge >= 0.3 is 0 Å². The van der Waals surface area contributed by atoms with Gasteiger partial charge in [0.25, 0.3) is 5.91 Å². The average Bonchev–Trinajstić information content (AvgIpc) is 3.13. The summed E-state index contributed by atoms with van der Waals surface area (Å²) in [5.74, 6) is -0.0658. The molecule has 2 saturated heterocycles. The molecule has 10 heteroatoms. The molecule has 0 aromatic heterocycles. The first-order valence-electron chi connectivity index (χ1n) is 8.98. The Kier molecular flexibility index (Phi) is 10.5. The Morgan fingerprint density at radius 2 is 1.82 bits per heavy atom. The first-order valence-corrected chi connectivity index (χ1v) is 9.35. The zero-order chi connectivity index (χ0) is 18.5. The molecule has 0 spiro atoms. The molecule has 0 saturated carbocycles. The number of nitrogens with two attached hydrogens (primary N) is 1. The monoisotopic (exact) mass is 452 g/mol. The molecule has 158 valence electrons. The number of nitrogens with one attached hydrogen (secondary N) is 1. The van der Waals surface area contributed by atoms with Gasteiger partial charge in [-0.15, -0.1) is 24.8 Å². The lowest BCUT2D eigenvalue weighted by atomic mass is 10.1. The van der Waals surface area contributed by atoms with Crippen LogP contribution in [-0.4, -0.2) is 73.1 Å². The van der Waals surface area contributed by atoms with Gasteiger partial charge in [0.15, 0.2) is 0 Å². The van der Waals surface area contributed by atoms with Gasteiger partial charge in [-0.1, -0.05) is 23.7 Å². The highest BCUT2D eigenvalue weighted by Gasteiger charge is 2.34. The molecule has 0 unspecified atom stereocenters. The number of carbonyl (C=O) groups excluding carboxylic acids is 2. The highest BCUT2D eigenvalue weighted by molar-refractivity contribution is 6.33. The summed E-state index contributed by atoms with van der Waals surface area (Å²) in [4.78, 5) is 28.6. The van der Waals surface area contributed by atoms with Gasteiger partial charge in [0.1, 0.15) is 6.10 Å². The van der Waals surface area contributed by atoms with Crippen LogP contribution >= 0.6 is 36.4 Å². The molecule has 28 heavy (non-hydrogen) atoms. The van der Waals surface area contributed by atoms with Crippen LogP contribution in [0.1, 0.15) is 12.8 Å². The van der Waals surface area contributed by atoms with Crippen molar-refractivity contribution in [1.82, 2.24) is 9.80 Å². The molecule has 2 aliphatic rings. The van der Waals surface area contributed by atoms with Gasteiger partial charge in [0.2, 0.25) is 5.91 Å². The number of rotatable bonds is 5. The summed E-state index contributed by atoms with van der Waals surface area (Å²) in [6.07, 6.45) is 1.22. The summed E-state index contributed by atoms with van der Waals surface area (Å²) < 4.78 is 5.69.